The Kier molecular flexibility index (Phi) is 8.33. The quantitative estimate of drug-likeness (QED) is 0.759. The lowest BCUT2D eigenvalue weighted by atomic mass is 9.86. The fraction of sp³-hybridized carbons (Fsp3) is 0.947. The van der Waals surface area contributed by atoms with Gasteiger partial charge in [0.1, 0.15) is 6.10 Å². The highest BCUT2D eigenvalue weighted by molar-refractivity contribution is 5.67. The van der Waals surface area contributed by atoms with Gasteiger partial charge in [0, 0.05) is 19.8 Å². The summed E-state index contributed by atoms with van der Waals surface area (Å²) in [5.41, 5.74) is 0. The topological polar surface area (TPSA) is 56.8 Å². The molecule has 2 aliphatic rings. The van der Waals surface area contributed by atoms with Gasteiger partial charge >= 0.3 is 6.09 Å². The minimum atomic E-state index is -0.275. The molecule has 0 radical (unpaired) electrons. The number of hydrogen-bond acceptors (Lipinski definition) is 4. The first-order valence-corrected chi connectivity index (χ1v) is 9.75. The monoisotopic (exact) mass is 341 g/mol. The number of hydrogen-bond donors (Lipinski definition) is 1. The van der Waals surface area contributed by atoms with Gasteiger partial charge in [0.2, 0.25) is 0 Å². The van der Waals surface area contributed by atoms with Gasteiger partial charge in [-0.2, -0.15) is 0 Å². The van der Waals surface area contributed by atoms with E-state index in [0.717, 1.165) is 32.3 Å². The van der Waals surface area contributed by atoms with Crippen LogP contribution in [0.5, 0.6) is 0 Å². The van der Waals surface area contributed by atoms with Gasteiger partial charge in [0.15, 0.2) is 0 Å². The van der Waals surface area contributed by atoms with E-state index in [0.29, 0.717) is 5.92 Å². The molecule has 2 fully saturated rings. The highest BCUT2D eigenvalue weighted by Crippen LogP contribution is 2.28. The molecule has 0 aliphatic heterocycles. The van der Waals surface area contributed by atoms with Crippen LogP contribution in [0.4, 0.5) is 4.79 Å². The van der Waals surface area contributed by atoms with Crippen LogP contribution in [0.25, 0.3) is 0 Å². The van der Waals surface area contributed by atoms with Crippen LogP contribution in [0.15, 0.2) is 0 Å². The Hall–Kier alpha value is -0.810. The molecule has 0 aromatic heterocycles. The van der Waals surface area contributed by atoms with E-state index in [1.165, 1.54) is 32.1 Å². The molecule has 2 aliphatic carbocycles. The Bertz CT molecular complexity index is 370. The normalized spacial score (nSPS) is 29.9. The van der Waals surface area contributed by atoms with Gasteiger partial charge in [0.05, 0.1) is 12.2 Å². The van der Waals surface area contributed by atoms with Crippen molar-refractivity contribution >= 4 is 6.09 Å². The molecule has 0 aromatic carbocycles. The summed E-state index contributed by atoms with van der Waals surface area (Å²) in [5.74, 6) is 0.523. The summed E-state index contributed by atoms with van der Waals surface area (Å²) in [4.78, 5) is 12.2. The van der Waals surface area contributed by atoms with Gasteiger partial charge in [-0.05, 0) is 51.4 Å². The smallest absolute Gasteiger partial charge is 0.407 e. The second-order valence-corrected chi connectivity index (χ2v) is 7.35. The number of amides is 1. The highest BCUT2D eigenvalue weighted by Gasteiger charge is 2.32. The second-order valence-electron chi connectivity index (χ2n) is 7.35. The number of ether oxygens (including phenoxy) is 3. The molecule has 4 atom stereocenters. The van der Waals surface area contributed by atoms with Crippen LogP contribution in [0.3, 0.4) is 0 Å². The minimum Gasteiger partial charge on any atom is -0.446 e. The Balaban J connectivity index is 1.76. The van der Waals surface area contributed by atoms with Gasteiger partial charge in [-0.1, -0.05) is 26.2 Å². The van der Waals surface area contributed by atoms with Crippen LogP contribution >= 0.6 is 0 Å². The summed E-state index contributed by atoms with van der Waals surface area (Å²) >= 11 is 0. The zero-order valence-corrected chi connectivity index (χ0v) is 15.6. The third kappa shape index (κ3) is 5.92. The maximum Gasteiger partial charge on any atom is 0.407 e. The van der Waals surface area contributed by atoms with E-state index in [2.05, 4.69) is 12.2 Å². The lowest BCUT2D eigenvalue weighted by molar-refractivity contribution is -0.0823. The van der Waals surface area contributed by atoms with Crippen LogP contribution in [-0.2, 0) is 14.2 Å². The predicted molar refractivity (Wildman–Crippen MR) is 94.1 cm³/mol. The molecule has 24 heavy (non-hydrogen) atoms. The van der Waals surface area contributed by atoms with Gasteiger partial charge in [-0.25, -0.2) is 4.79 Å². The van der Waals surface area contributed by atoms with Crippen molar-refractivity contribution in [3.8, 4) is 0 Å². The molecule has 0 spiro atoms. The van der Waals surface area contributed by atoms with E-state index < -0.39 is 0 Å². The van der Waals surface area contributed by atoms with Crippen molar-refractivity contribution in [3.05, 3.63) is 0 Å². The molecule has 0 aromatic rings. The van der Waals surface area contributed by atoms with Gasteiger partial charge in [-0.15, -0.1) is 0 Å². The van der Waals surface area contributed by atoms with Crippen LogP contribution in [0.1, 0.15) is 71.6 Å². The Labute approximate surface area is 146 Å². The van der Waals surface area contributed by atoms with Crippen LogP contribution in [-0.4, -0.2) is 44.2 Å². The van der Waals surface area contributed by atoms with Crippen molar-refractivity contribution < 1.29 is 19.0 Å². The van der Waals surface area contributed by atoms with E-state index in [-0.39, 0.29) is 30.4 Å². The molecule has 5 nitrogen and oxygen atoms in total. The molecule has 0 saturated heterocycles. The van der Waals surface area contributed by atoms with Crippen molar-refractivity contribution in [3.63, 3.8) is 0 Å². The summed E-state index contributed by atoms with van der Waals surface area (Å²) in [6.07, 6.45) is 9.74. The first-order chi connectivity index (χ1) is 11.6. The Morgan fingerprint density at radius 2 is 1.88 bits per heavy atom. The van der Waals surface area contributed by atoms with Crippen molar-refractivity contribution in [2.75, 3.05) is 13.7 Å². The molecule has 0 bridgehead atoms. The van der Waals surface area contributed by atoms with Crippen molar-refractivity contribution in [2.24, 2.45) is 5.92 Å². The number of rotatable bonds is 7. The van der Waals surface area contributed by atoms with E-state index in [9.17, 15) is 4.79 Å². The molecule has 3 unspecified atom stereocenters. The number of nitrogens with one attached hydrogen (secondary N) is 1. The number of carbonyl (C=O) groups excluding carboxylic acids is 1. The molecule has 0 heterocycles. The standard InChI is InChI=1S/C19H35NO4/c1-4-12-23-18-13-16(10-11-17(18)22-3)20-19(21)24-14(2)15-8-6-5-7-9-15/h14-18H,4-13H2,1-3H3,(H,20,21)/t14-,16?,17?,18?/m0/s1. The fourth-order valence-corrected chi connectivity index (χ4v) is 4.02. The second kappa shape index (κ2) is 10.2. The van der Waals surface area contributed by atoms with E-state index in [1.807, 2.05) is 6.92 Å². The third-order valence-corrected chi connectivity index (χ3v) is 5.50. The Morgan fingerprint density at radius 3 is 2.54 bits per heavy atom. The first-order valence-electron chi connectivity index (χ1n) is 9.75. The first kappa shape index (κ1) is 19.5. The number of alkyl carbamates (subject to hydrolysis) is 1. The summed E-state index contributed by atoms with van der Waals surface area (Å²) in [6, 6.07) is 0.115. The molecule has 1 N–H and O–H groups in total. The SMILES string of the molecule is CCCOC1CC(NC(=O)O[C@@H](C)C2CCCCC2)CCC1OC. The van der Waals surface area contributed by atoms with Crippen molar-refractivity contribution in [2.45, 2.75) is 96.0 Å². The number of methoxy groups -OCH3 is 1. The zero-order chi connectivity index (χ0) is 17.4. The van der Waals surface area contributed by atoms with Crippen LogP contribution in [0.2, 0.25) is 0 Å². The van der Waals surface area contributed by atoms with Gasteiger partial charge in [-0.3, -0.25) is 0 Å². The fourth-order valence-electron chi connectivity index (χ4n) is 4.02. The van der Waals surface area contributed by atoms with E-state index in [1.54, 1.807) is 7.11 Å². The average Bonchev–Trinajstić information content (AvgIpc) is 2.60. The molecular formula is C19H35NO4. The zero-order valence-electron chi connectivity index (χ0n) is 15.6. The molecular weight excluding hydrogens is 306 g/mol. The minimum absolute atomic E-state index is 0.00718. The summed E-state index contributed by atoms with van der Waals surface area (Å²) in [5, 5.41) is 3.04. The number of carbonyl (C=O) groups is 1. The summed E-state index contributed by atoms with van der Waals surface area (Å²) in [6.45, 7) is 4.87. The maximum atomic E-state index is 12.2. The molecule has 2 saturated carbocycles. The largest absolute Gasteiger partial charge is 0.446 e. The highest BCUT2D eigenvalue weighted by atomic mass is 16.6. The van der Waals surface area contributed by atoms with Crippen LogP contribution in [0, 0.1) is 5.92 Å². The third-order valence-electron chi connectivity index (χ3n) is 5.50. The van der Waals surface area contributed by atoms with Crippen LogP contribution < -0.4 is 5.32 Å². The van der Waals surface area contributed by atoms with Gasteiger partial charge < -0.3 is 19.5 Å². The van der Waals surface area contributed by atoms with Crippen molar-refractivity contribution in [1.29, 1.82) is 0 Å². The summed E-state index contributed by atoms with van der Waals surface area (Å²) < 4.78 is 17.1. The molecule has 1 amide bonds. The lowest BCUT2D eigenvalue weighted by Crippen LogP contribution is -2.47. The summed E-state index contributed by atoms with van der Waals surface area (Å²) in [7, 11) is 1.74. The van der Waals surface area contributed by atoms with Crippen molar-refractivity contribution in [1.82, 2.24) is 5.32 Å². The maximum absolute atomic E-state index is 12.2. The van der Waals surface area contributed by atoms with Gasteiger partial charge in [0.25, 0.3) is 0 Å². The van der Waals surface area contributed by atoms with E-state index >= 15 is 0 Å². The Morgan fingerprint density at radius 1 is 1.12 bits per heavy atom. The lowest BCUT2D eigenvalue weighted by Gasteiger charge is -2.35. The predicted octanol–water partition coefficient (Wildman–Crippen LogP) is 4.04. The molecule has 2 rings (SSSR count). The average molecular weight is 341 g/mol. The molecule has 140 valence electrons. The van der Waals surface area contributed by atoms with E-state index in [4.69, 9.17) is 14.2 Å². The molecule has 5 heteroatoms.